The molecule has 2 saturated carbocycles. The Kier molecular flexibility index (Phi) is 7.46. The van der Waals surface area contributed by atoms with Crippen LogP contribution in [-0.4, -0.2) is 70.2 Å². The zero-order valence-electron chi connectivity index (χ0n) is 20.4. The average molecular weight is 480 g/mol. The van der Waals surface area contributed by atoms with Crippen molar-refractivity contribution in [1.29, 1.82) is 0 Å². The summed E-state index contributed by atoms with van der Waals surface area (Å²) in [5, 5.41) is 5.95. The second-order valence-corrected chi connectivity index (χ2v) is 10.2. The average Bonchev–Trinajstić information content (AvgIpc) is 3.70. The lowest BCUT2D eigenvalue weighted by atomic mass is 9.90. The molecule has 188 valence electrons. The fraction of sp³-hybridized carbons (Fsp3) is 0.577. The van der Waals surface area contributed by atoms with E-state index in [1.165, 1.54) is 42.4 Å². The SMILES string of the molecule is NC1CCC(N(Cc2ccc(-n3ccc(NC(=O)N4CCNCC4)nc3=O)cc2)CC2CC2)CC1. The number of amides is 2. The van der Waals surface area contributed by atoms with E-state index in [4.69, 9.17) is 5.73 Å². The molecule has 9 heteroatoms. The molecule has 2 heterocycles. The van der Waals surface area contributed by atoms with Crippen molar-refractivity contribution >= 4 is 11.8 Å². The van der Waals surface area contributed by atoms with Crippen molar-refractivity contribution < 1.29 is 4.79 Å². The maximum Gasteiger partial charge on any atom is 0.354 e. The van der Waals surface area contributed by atoms with Gasteiger partial charge in [0.05, 0.1) is 5.69 Å². The highest BCUT2D eigenvalue weighted by Gasteiger charge is 2.30. The molecule has 1 aliphatic heterocycles. The van der Waals surface area contributed by atoms with Gasteiger partial charge in [-0.15, -0.1) is 0 Å². The van der Waals surface area contributed by atoms with Crippen molar-refractivity contribution in [1.82, 2.24) is 24.7 Å². The van der Waals surface area contributed by atoms with E-state index in [1.54, 1.807) is 17.2 Å². The number of hydrogen-bond donors (Lipinski definition) is 3. The Hall–Kier alpha value is -2.75. The first-order chi connectivity index (χ1) is 17.0. The van der Waals surface area contributed by atoms with Crippen LogP contribution in [0.5, 0.6) is 0 Å². The summed E-state index contributed by atoms with van der Waals surface area (Å²) >= 11 is 0. The number of nitrogens with two attached hydrogens (primary N) is 1. The van der Waals surface area contributed by atoms with E-state index in [0.29, 0.717) is 25.2 Å². The van der Waals surface area contributed by atoms with Gasteiger partial charge in [-0.25, -0.2) is 9.59 Å². The number of urea groups is 1. The Bertz CT molecular complexity index is 1050. The maximum atomic E-state index is 12.7. The molecule has 2 amide bonds. The Labute approximate surface area is 206 Å². The maximum absolute atomic E-state index is 12.7. The van der Waals surface area contributed by atoms with Crippen LogP contribution >= 0.6 is 0 Å². The lowest BCUT2D eigenvalue weighted by Gasteiger charge is -2.36. The highest BCUT2D eigenvalue weighted by molar-refractivity contribution is 5.88. The number of carbonyl (C=O) groups excluding carboxylic acids is 1. The number of anilines is 1. The third kappa shape index (κ3) is 6.28. The second-order valence-electron chi connectivity index (χ2n) is 10.2. The van der Waals surface area contributed by atoms with Gasteiger partial charge in [-0.05, 0) is 68.2 Å². The molecule has 0 atom stereocenters. The molecule has 1 aromatic carbocycles. The number of nitrogens with one attached hydrogen (secondary N) is 2. The van der Waals surface area contributed by atoms with Crippen LogP contribution in [0.15, 0.2) is 41.3 Å². The molecular formula is C26H37N7O2. The van der Waals surface area contributed by atoms with E-state index < -0.39 is 5.69 Å². The fourth-order valence-electron chi connectivity index (χ4n) is 5.16. The van der Waals surface area contributed by atoms with Crippen LogP contribution in [0.1, 0.15) is 44.1 Å². The topological polar surface area (TPSA) is 109 Å². The van der Waals surface area contributed by atoms with Gasteiger partial charge in [0.15, 0.2) is 0 Å². The summed E-state index contributed by atoms with van der Waals surface area (Å²) in [6.07, 6.45) is 8.98. The van der Waals surface area contributed by atoms with E-state index in [2.05, 4.69) is 32.7 Å². The van der Waals surface area contributed by atoms with Gasteiger partial charge in [-0.2, -0.15) is 4.98 Å². The second kappa shape index (κ2) is 10.9. The number of hydrogen-bond acceptors (Lipinski definition) is 6. The molecule has 2 aliphatic carbocycles. The quantitative estimate of drug-likeness (QED) is 0.562. The van der Waals surface area contributed by atoms with Crippen LogP contribution < -0.4 is 22.1 Å². The predicted octanol–water partition coefficient (Wildman–Crippen LogP) is 2.15. The summed E-state index contributed by atoms with van der Waals surface area (Å²) in [6, 6.07) is 10.6. The van der Waals surface area contributed by atoms with Gasteiger partial charge in [-0.1, -0.05) is 12.1 Å². The van der Waals surface area contributed by atoms with Crippen molar-refractivity contribution in [2.45, 2.75) is 57.2 Å². The molecule has 4 N–H and O–H groups in total. The van der Waals surface area contributed by atoms with Crippen molar-refractivity contribution in [3.05, 3.63) is 52.6 Å². The number of benzene rings is 1. The smallest absolute Gasteiger partial charge is 0.328 e. The highest BCUT2D eigenvalue weighted by atomic mass is 16.2. The number of aromatic nitrogens is 2. The molecule has 9 nitrogen and oxygen atoms in total. The van der Waals surface area contributed by atoms with Crippen molar-refractivity contribution in [2.75, 3.05) is 38.0 Å². The van der Waals surface area contributed by atoms with E-state index in [1.807, 2.05) is 12.1 Å². The molecule has 2 aromatic rings. The van der Waals surface area contributed by atoms with Gasteiger partial charge in [0.1, 0.15) is 5.82 Å². The summed E-state index contributed by atoms with van der Waals surface area (Å²) in [7, 11) is 0. The Balaban J connectivity index is 1.23. The van der Waals surface area contributed by atoms with Crippen molar-refractivity contribution in [2.24, 2.45) is 11.7 Å². The lowest BCUT2D eigenvalue weighted by Crippen LogP contribution is -2.48. The zero-order valence-corrected chi connectivity index (χ0v) is 20.4. The van der Waals surface area contributed by atoms with Crippen LogP contribution in [0.2, 0.25) is 0 Å². The molecule has 1 saturated heterocycles. The van der Waals surface area contributed by atoms with E-state index in [-0.39, 0.29) is 11.8 Å². The molecule has 0 bridgehead atoms. The zero-order chi connectivity index (χ0) is 24.2. The first-order valence-electron chi connectivity index (χ1n) is 13.0. The minimum absolute atomic E-state index is 0.226. The molecule has 5 rings (SSSR count). The van der Waals surface area contributed by atoms with Crippen LogP contribution in [0.3, 0.4) is 0 Å². The number of rotatable bonds is 7. The Morgan fingerprint density at radius 3 is 2.43 bits per heavy atom. The van der Waals surface area contributed by atoms with E-state index in [9.17, 15) is 9.59 Å². The van der Waals surface area contributed by atoms with Gasteiger partial charge in [-0.3, -0.25) is 14.8 Å². The largest absolute Gasteiger partial charge is 0.354 e. The molecule has 0 radical (unpaired) electrons. The van der Waals surface area contributed by atoms with Gasteiger partial charge in [0, 0.05) is 57.5 Å². The Morgan fingerprint density at radius 2 is 1.77 bits per heavy atom. The predicted molar refractivity (Wildman–Crippen MR) is 137 cm³/mol. The minimum atomic E-state index is -0.412. The monoisotopic (exact) mass is 479 g/mol. The highest BCUT2D eigenvalue weighted by Crippen LogP contribution is 2.33. The van der Waals surface area contributed by atoms with Crippen LogP contribution in [0.25, 0.3) is 5.69 Å². The molecule has 0 spiro atoms. The Morgan fingerprint density at radius 1 is 1.06 bits per heavy atom. The fourth-order valence-corrected chi connectivity index (χ4v) is 5.16. The van der Waals surface area contributed by atoms with Gasteiger partial charge in [0.25, 0.3) is 0 Å². The summed E-state index contributed by atoms with van der Waals surface area (Å²) in [5.41, 5.74) is 7.75. The summed E-state index contributed by atoms with van der Waals surface area (Å²) in [6.45, 7) is 4.92. The molecule has 35 heavy (non-hydrogen) atoms. The van der Waals surface area contributed by atoms with Gasteiger partial charge < -0.3 is 16.0 Å². The number of piperazine rings is 1. The summed E-state index contributed by atoms with van der Waals surface area (Å²) in [5.74, 6) is 1.12. The summed E-state index contributed by atoms with van der Waals surface area (Å²) in [4.78, 5) is 33.5. The minimum Gasteiger partial charge on any atom is -0.328 e. The van der Waals surface area contributed by atoms with Crippen LogP contribution in [-0.2, 0) is 6.54 Å². The molecular weight excluding hydrogens is 442 g/mol. The summed E-state index contributed by atoms with van der Waals surface area (Å²) < 4.78 is 1.51. The molecule has 3 fully saturated rings. The van der Waals surface area contributed by atoms with Gasteiger partial charge >= 0.3 is 11.7 Å². The number of nitrogens with zero attached hydrogens (tertiary/aromatic N) is 4. The third-order valence-electron chi connectivity index (χ3n) is 7.49. The van der Waals surface area contributed by atoms with E-state index >= 15 is 0 Å². The van der Waals surface area contributed by atoms with E-state index in [0.717, 1.165) is 44.1 Å². The first kappa shape index (κ1) is 24.0. The van der Waals surface area contributed by atoms with Crippen molar-refractivity contribution in [3.8, 4) is 5.69 Å². The third-order valence-corrected chi connectivity index (χ3v) is 7.49. The van der Waals surface area contributed by atoms with Crippen molar-refractivity contribution in [3.63, 3.8) is 0 Å². The van der Waals surface area contributed by atoms with Crippen LogP contribution in [0, 0.1) is 5.92 Å². The molecule has 3 aliphatic rings. The lowest BCUT2D eigenvalue weighted by molar-refractivity contribution is 0.136. The molecule has 1 aromatic heterocycles. The van der Waals surface area contributed by atoms with Gasteiger partial charge in [0.2, 0.25) is 0 Å². The van der Waals surface area contributed by atoms with Crippen LogP contribution in [0.4, 0.5) is 10.6 Å². The first-order valence-corrected chi connectivity index (χ1v) is 13.0. The number of carbonyl (C=O) groups is 1. The standard InChI is InChI=1S/C26H37N7O2/c27-21-5-9-22(10-6-21)32(17-19-1-2-19)18-20-3-7-23(8-4-20)33-14-11-24(30-26(33)35)29-25(34)31-15-12-28-13-16-31/h3-4,7-8,11,14,19,21-22,28H,1-2,5-6,9-10,12-13,15-18,27H2,(H,29,30,34,35). The molecule has 0 unspecified atom stereocenters. The normalized spacial score (nSPS) is 22.9.